The van der Waals surface area contributed by atoms with Gasteiger partial charge in [-0.05, 0) is 18.1 Å². The molecule has 100 valence electrons. The number of halogens is 1. The topological polar surface area (TPSA) is 58.6 Å². The number of carbonyl (C=O) groups excluding carboxylic acids is 1. The second kappa shape index (κ2) is 6.35. The van der Waals surface area contributed by atoms with Crippen LogP contribution in [0.2, 0.25) is 0 Å². The van der Waals surface area contributed by atoms with Gasteiger partial charge in [0.25, 0.3) is 5.91 Å². The quantitative estimate of drug-likeness (QED) is 0.840. The summed E-state index contributed by atoms with van der Waals surface area (Å²) in [4.78, 5) is 11.7. The number of hydrogen-bond donors (Lipinski definition) is 2. The Morgan fingerprint density at radius 1 is 1.50 bits per heavy atom. The van der Waals surface area contributed by atoms with Crippen molar-refractivity contribution in [2.45, 2.75) is 20.0 Å². The Morgan fingerprint density at radius 3 is 2.72 bits per heavy atom. The first kappa shape index (κ1) is 14.4. The number of ether oxygens (including phenoxy) is 1. The predicted molar refractivity (Wildman–Crippen MR) is 66.1 cm³/mol. The molecule has 0 aliphatic heterocycles. The van der Waals surface area contributed by atoms with Gasteiger partial charge in [0.15, 0.2) is 11.6 Å². The van der Waals surface area contributed by atoms with Crippen LogP contribution in [-0.2, 0) is 0 Å². The van der Waals surface area contributed by atoms with Gasteiger partial charge in [0, 0.05) is 6.54 Å². The lowest BCUT2D eigenvalue weighted by molar-refractivity contribution is 0.0867. The first-order valence-electron chi connectivity index (χ1n) is 5.76. The smallest absolute Gasteiger partial charge is 0.254 e. The van der Waals surface area contributed by atoms with E-state index in [2.05, 4.69) is 5.32 Å². The van der Waals surface area contributed by atoms with E-state index in [0.717, 1.165) is 0 Å². The van der Waals surface area contributed by atoms with Crippen LogP contribution in [0.5, 0.6) is 5.75 Å². The SMILES string of the molecule is COc1cccc(C(=O)NCC(O)C(C)C)c1F. The van der Waals surface area contributed by atoms with Crippen LogP contribution in [0.3, 0.4) is 0 Å². The van der Waals surface area contributed by atoms with Gasteiger partial charge in [-0.1, -0.05) is 19.9 Å². The van der Waals surface area contributed by atoms with Gasteiger partial charge in [0.2, 0.25) is 0 Å². The van der Waals surface area contributed by atoms with Gasteiger partial charge >= 0.3 is 0 Å². The number of aliphatic hydroxyl groups excluding tert-OH is 1. The highest BCUT2D eigenvalue weighted by atomic mass is 19.1. The van der Waals surface area contributed by atoms with E-state index in [1.165, 1.54) is 25.3 Å². The molecule has 1 aromatic carbocycles. The molecule has 4 nitrogen and oxygen atoms in total. The highest BCUT2D eigenvalue weighted by molar-refractivity contribution is 5.94. The van der Waals surface area contributed by atoms with Crippen molar-refractivity contribution in [2.24, 2.45) is 5.92 Å². The molecule has 0 radical (unpaired) electrons. The fourth-order valence-corrected chi connectivity index (χ4v) is 1.37. The molecule has 0 spiro atoms. The number of amides is 1. The summed E-state index contributed by atoms with van der Waals surface area (Å²) in [7, 11) is 1.34. The summed E-state index contributed by atoms with van der Waals surface area (Å²) in [6.07, 6.45) is -0.650. The molecule has 0 aromatic heterocycles. The molecule has 0 saturated heterocycles. The molecule has 5 heteroatoms. The van der Waals surface area contributed by atoms with Crippen LogP contribution in [0.15, 0.2) is 18.2 Å². The van der Waals surface area contributed by atoms with E-state index >= 15 is 0 Å². The van der Waals surface area contributed by atoms with Crippen molar-refractivity contribution in [1.29, 1.82) is 0 Å². The molecule has 0 heterocycles. The van der Waals surface area contributed by atoms with Crippen LogP contribution in [0.25, 0.3) is 0 Å². The summed E-state index contributed by atoms with van der Waals surface area (Å²) < 4.78 is 18.6. The van der Waals surface area contributed by atoms with Gasteiger partial charge in [0.05, 0.1) is 18.8 Å². The minimum atomic E-state index is -0.698. The van der Waals surface area contributed by atoms with E-state index in [0.29, 0.717) is 0 Å². The zero-order chi connectivity index (χ0) is 13.7. The summed E-state index contributed by atoms with van der Waals surface area (Å²) >= 11 is 0. The lowest BCUT2D eigenvalue weighted by Crippen LogP contribution is -2.35. The van der Waals surface area contributed by atoms with E-state index in [4.69, 9.17) is 4.74 Å². The Bertz CT molecular complexity index is 421. The molecule has 2 N–H and O–H groups in total. The number of aliphatic hydroxyl groups is 1. The molecule has 0 bridgehead atoms. The molecular weight excluding hydrogens is 237 g/mol. The van der Waals surface area contributed by atoms with Crippen molar-refractivity contribution in [3.8, 4) is 5.75 Å². The largest absolute Gasteiger partial charge is 0.494 e. The number of hydrogen-bond acceptors (Lipinski definition) is 3. The first-order chi connectivity index (χ1) is 8.47. The Kier molecular flexibility index (Phi) is 5.09. The van der Waals surface area contributed by atoms with Crippen molar-refractivity contribution >= 4 is 5.91 Å². The zero-order valence-electron chi connectivity index (χ0n) is 10.7. The Labute approximate surface area is 106 Å². The van der Waals surface area contributed by atoms with Gasteiger partial charge in [-0.2, -0.15) is 0 Å². The van der Waals surface area contributed by atoms with Crippen molar-refractivity contribution in [1.82, 2.24) is 5.32 Å². The van der Waals surface area contributed by atoms with Crippen LogP contribution >= 0.6 is 0 Å². The average Bonchev–Trinajstić information content (AvgIpc) is 2.35. The lowest BCUT2D eigenvalue weighted by atomic mass is 10.1. The second-order valence-corrected chi connectivity index (χ2v) is 4.34. The van der Waals surface area contributed by atoms with Crippen LogP contribution in [0.1, 0.15) is 24.2 Å². The summed E-state index contributed by atoms with van der Waals surface area (Å²) in [6, 6.07) is 4.35. The van der Waals surface area contributed by atoms with Gasteiger partial charge in [0.1, 0.15) is 0 Å². The molecule has 1 atom stereocenters. The highest BCUT2D eigenvalue weighted by Crippen LogP contribution is 2.19. The first-order valence-corrected chi connectivity index (χ1v) is 5.76. The van der Waals surface area contributed by atoms with Gasteiger partial charge in [-0.15, -0.1) is 0 Å². The third-order valence-corrected chi connectivity index (χ3v) is 2.67. The molecular formula is C13H18FNO3. The van der Waals surface area contributed by atoms with Crippen LogP contribution < -0.4 is 10.1 Å². The second-order valence-electron chi connectivity index (χ2n) is 4.34. The molecule has 0 fully saturated rings. The number of rotatable bonds is 5. The number of methoxy groups -OCH3 is 1. The maximum atomic E-state index is 13.8. The van der Waals surface area contributed by atoms with Crippen LogP contribution in [-0.4, -0.2) is 30.8 Å². The highest BCUT2D eigenvalue weighted by Gasteiger charge is 2.17. The Balaban J connectivity index is 2.73. The summed E-state index contributed by atoms with van der Waals surface area (Å²) in [5.74, 6) is -1.21. The van der Waals surface area contributed by atoms with Crippen molar-refractivity contribution < 1.29 is 19.0 Å². The summed E-state index contributed by atoms with van der Waals surface area (Å²) in [5.41, 5.74) is -0.0923. The third-order valence-electron chi connectivity index (χ3n) is 2.67. The van der Waals surface area contributed by atoms with Crippen LogP contribution in [0, 0.1) is 11.7 Å². The van der Waals surface area contributed by atoms with Crippen LogP contribution in [0.4, 0.5) is 4.39 Å². The monoisotopic (exact) mass is 255 g/mol. The molecule has 1 amide bonds. The fraction of sp³-hybridized carbons (Fsp3) is 0.462. The molecule has 1 unspecified atom stereocenters. The molecule has 0 aliphatic rings. The predicted octanol–water partition coefficient (Wildman–Crippen LogP) is 1.58. The lowest BCUT2D eigenvalue weighted by Gasteiger charge is -2.15. The van der Waals surface area contributed by atoms with E-state index in [1.807, 2.05) is 13.8 Å². The number of carbonyl (C=O) groups is 1. The third kappa shape index (κ3) is 3.43. The fourth-order valence-electron chi connectivity index (χ4n) is 1.37. The van der Waals surface area contributed by atoms with E-state index in [-0.39, 0.29) is 23.8 Å². The average molecular weight is 255 g/mol. The zero-order valence-corrected chi connectivity index (χ0v) is 10.7. The summed E-state index contributed by atoms with van der Waals surface area (Å²) in [6.45, 7) is 3.76. The van der Waals surface area contributed by atoms with Crippen molar-refractivity contribution in [3.05, 3.63) is 29.6 Å². The van der Waals surface area contributed by atoms with E-state index < -0.39 is 17.8 Å². The molecule has 1 aromatic rings. The normalized spacial score (nSPS) is 12.3. The standard InChI is InChI=1S/C13H18FNO3/c1-8(2)10(16)7-15-13(17)9-5-4-6-11(18-3)12(9)14/h4-6,8,10,16H,7H2,1-3H3,(H,15,17). The van der Waals surface area contributed by atoms with Crippen molar-refractivity contribution in [2.75, 3.05) is 13.7 Å². The van der Waals surface area contributed by atoms with Gasteiger partial charge < -0.3 is 15.2 Å². The maximum absolute atomic E-state index is 13.8. The minimum Gasteiger partial charge on any atom is -0.494 e. The number of benzene rings is 1. The van der Waals surface area contributed by atoms with E-state index in [9.17, 15) is 14.3 Å². The number of nitrogens with one attached hydrogen (secondary N) is 1. The molecule has 18 heavy (non-hydrogen) atoms. The van der Waals surface area contributed by atoms with Crippen molar-refractivity contribution in [3.63, 3.8) is 0 Å². The van der Waals surface area contributed by atoms with Gasteiger partial charge in [-0.3, -0.25) is 4.79 Å². The molecule has 0 aliphatic carbocycles. The van der Waals surface area contributed by atoms with E-state index in [1.54, 1.807) is 0 Å². The van der Waals surface area contributed by atoms with Gasteiger partial charge in [-0.25, -0.2) is 4.39 Å². The summed E-state index contributed by atoms with van der Waals surface area (Å²) in [5, 5.41) is 12.0. The Hall–Kier alpha value is -1.62. The Morgan fingerprint density at radius 2 is 2.17 bits per heavy atom. The minimum absolute atomic E-state index is 0.0204. The molecule has 1 rings (SSSR count). The molecule has 0 saturated carbocycles. The maximum Gasteiger partial charge on any atom is 0.254 e.